The molecule has 1 fully saturated rings. The van der Waals surface area contributed by atoms with Crippen LogP contribution in [0, 0.1) is 0 Å². The van der Waals surface area contributed by atoms with E-state index in [4.69, 9.17) is 0 Å². The van der Waals surface area contributed by atoms with Gasteiger partial charge in [-0.15, -0.1) is 0 Å². The monoisotopic (exact) mass is 260 g/mol. The van der Waals surface area contributed by atoms with Crippen molar-refractivity contribution in [2.75, 3.05) is 20.1 Å². The van der Waals surface area contributed by atoms with Crippen molar-refractivity contribution in [3.63, 3.8) is 0 Å². The van der Waals surface area contributed by atoms with Crippen LogP contribution in [0.4, 0.5) is 0 Å². The molecule has 0 aliphatic carbocycles. The Balaban J connectivity index is 1.72. The average Bonchev–Trinajstić information content (AvgIpc) is 2.47. The highest BCUT2D eigenvalue weighted by molar-refractivity contribution is 5.76. The van der Waals surface area contributed by atoms with Gasteiger partial charge in [-0.2, -0.15) is 0 Å². The topological polar surface area (TPSA) is 32.3 Å². The molecule has 3 nitrogen and oxygen atoms in total. The summed E-state index contributed by atoms with van der Waals surface area (Å²) in [7, 11) is 1.91. The van der Waals surface area contributed by atoms with Gasteiger partial charge in [-0.1, -0.05) is 36.8 Å². The maximum atomic E-state index is 12.1. The number of piperidine rings is 1. The minimum atomic E-state index is 0.260. The summed E-state index contributed by atoms with van der Waals surface area (Å²) in [6.07, 6.45) is 5.21. The lowest BCUT2D eigenvalue weighted by Crippen LogP contribution is -2.39. The van der Waals surface area contributed by atoms with Gasteiger partial charge < -0.3 is 10.2 Å². The number of nitrogens with zero attached hydrogens (tertiary/aromatic N) is 1. The second-order valence-electron chi connectivity index (χ2n) is 5.40. The van der Waals surface area contributed by atoms with Crippen molar-refractivity contribution in [2.24, 2.45) is 0 Å². The van der Waals surface area contributed by atoms with Crippen LogP contribution in [0.5, 0.6) is 0 Å². The van der Waals surface area contributed by atoms with Crippen molar-refractivity contribution in [3.8, 4) is 0 Å². The highest BCUT2D eigenvalue weighted by atomic mass is 16.2. The largest absolute Gasteiger partial charge is 0.345 e. The van der Waals surface area contributed by atoms with E-state index in [0.29, 0.717) is 12.5 Å². The van der Waals surface area contributed by atoms with E-state index in [1.54, 1.807) is 0 Å². The van der Waals surface area contributed by atoms with E-state index >= 15 is 0 Å². The summed E-state index contributed by atoms with van der Waals surface area (Å²) < 4.78 is 0. The highest BCUT2D eigenvalue weighted by Gasteiger charge is 2.18. The van der Waals surface area contributed by atoms with E-state index < -0.39 is 0 Å². The Kier molecular flexibility index (Phi) is 5.40. The normalized spacial score (nSPS) is 19.1. The molecule has 19 heavy (non-hydrogen) atoms. The molecule has 0 saturated carbocycles. The minimum Gasteiger partial charge on any atom is -0.345 e. The zero-order chi connectivity index (χ0) is 13.5. The summed E-state index contributed by atoms with van der Waals surface area (Å²) in [5.74, 6) is 0.260. The fourth-order valence-electron chi connectivity index (χ4n) is 2.53. The van der Waals surface area contributed by atoms with Crippen LogP contribution >= 0.6 is 0 Å². The van der Waals surface area contributed by atoms with Crippen molar-refractivity contribution < 1.29 is 4.79 Å². The third-order valence-corrected chi connectivity index (χ3v) is 3.84. The molecule has 0 bridgehead atoms. The van der Waals surface area contributed by atoms with E-state index in [1.165, 1.54) is 18.4 Å². The van der Waals surface area contributed by atoms with Crippen molar-refractivity contribution in [2.45, 2.75) is 38.1 Å². The molecule has 0 aromatic heterocycles. The molecule has 0 spiro atoms. The first-order valence-corrected chi connectivity index (χ1v) is 7.27. The smallest absolute Gasteiger partial charge is 0.223 e. The molecule has 1 amide bonds. The third-order valence-electron chi connectivity index (χ3n) is 3.84. The van der Waals surface area contributed by atoms with E-state index in [9.17, 15) is 4.79 Å². The van der Waals surface area contributed by atoms with Crippen LogP contribution in [0.2, 0.25) is 0 Å². The van der Waals surface area contributed by atoms with Crippen LogP contribution in [-0.2, 0) is 11.2 Å². The van der Waals surface area contributed by atoms with Crippen molar-refractivity contribution in [1.82, 2.24) is 10.2 Å². The summed E-state index contributed by atoms with van der Waals surface area (Å²) >= 11 is 0. The Morgan fingerprint density at radius 2 is 2.11 bits per heavy atom. The Morgan fingerprint density at radius 1 is 1.32 bits per heavy atom. The van der Waals surface area contributed by atoms with Crippen LogP contribution in [0.1, 0.15) is 31.2 Å². The molecular formula is C16H24N2O. The number of hydrogen-bond acceptors (Lipinski definition) is 2. The van der Waals surface area contributed by atoms with Gasteiger partial charge in [0.2, 0.25) is 5.91 Å². The van der Waals surface area contributed by atoms with E-state index in [0.717, 1.165) is 25.9 Å². The molecule has 1 aromatic carbocycles. The van der Waals surface area contributed by atoms with Gasteiger partial charge in [0.05, 0.1) is 0 Å². The van der Waals surface area contributed by atoms with E-state index in [2.05, 4.69) is 17.4 Å². The molecular weight excluding hydrogens is 236 g/mol. The molecule has 1 aliphatic heterocycles. The van der Waals surface area contributed by atoms with Crippen molar-refractivity contribution in [3.05, 3.63) is 35.9 Å². The third kappa shape index (κ3) is 4.67. The number of nitrogens with one attached hydrogen (secondary N) is 1. The first-order chi connectivity index (χ1) is 9.25. The molecule has 1 aliphatic rings. The Labute approximate surface area is 116 Å². The van der Waals surface area contributed by atoms with Gasteiger partial charge in [0.15, 0.2) is 0 Å². The van der Waals surface area contributed by atoms with Crippen LogP contribution in [0.3, 0.4) is 0 Å². The highest BCUT2D eigenvalue weighted by Crippen LogP contribution is 2.11. The first-order valence-electron chi connectivity index (χ1n) is 7.27. The minimum absolute atomic E-state index is 0.260. The Hall–Kier alpha value is -1.35. The lowest BCUT2D eigenvalue weighted by Gasteiger charge is -2.25. The van der Waals surface area contributed by atoms with E-state index in [1.807, 2.05) is 30.1 Å². The quantitative estimate of drug-likeness (QED) is 0.880. The number of likely N-dealkylation sites (N-methyl/N-ethyl adjacent to an activating group) is 1. The van der Waals surface area contributed by atoms with Gasteiger partial charge in [-0.3, -0.25) is 4.79 Å². The molecule has 104 valence electrons. The maximum Gasteiger partial charge on any atom is 0.223 e. The zero-order valence-electron chi connectivity index (χ0n) is 11.8. The SMILES string of the molecule is CN(CCc1ccccc1)C(=O)CC1CCCCN1. The van der Waals surface area contributed by atoms with Gasteiger partial charge >= 0.3 is 0 Å². The Bertz CT molecular complexity index is 385. The Morgan fingerprint density at radius 3 is 2.79 bits per heavy atom. The predicted molar refractivity (Wildman–Crippen MR) is 78.0 cm³/mol. The summed E-state index contributed by atoms with van der Waals surface area (Å²) in [6, 6.07) is 10.7. The number of carbonyl (C=O) groups is 1. The zero-order valence-corrected chi connectivity index (χ0v) is 11.8. The maximum absolute atomic E-state index is 12.1. The molecule has 1 unspecified atom stereocenters. The molecule has 2 rings (SSSR count). The number of rotatable bonds is 5. The fourth-order valence-corrected chi connectivity index (χ4v) is 2.53. The lowest BCUT2D eigenvalue weighted by molar-refractivity contribution is -0.130. The predicted octanol–water partition coefficient (Wildman–Crippen LogP) is 2.22. The second-order valence-corrected chi connectivity index (χ2v) is 5.40. The molecule has 1 N–H and O–H groups in total. The molecule has 1 heterocycles. The van der Waals surface area contributed by atoms with Crippen molar-refractivity contribution >= 4 is 5.91 Å². The van der Waals surface area contributed by atoms with Gasteiger partial charge in [0.1, 0.15) is 0 Å². The number of carbonyl (C=O) groups excluding carboxylic acids is 1. The van der Waals surface area contributed by atoms with E-state index in [-0.39, 0.29) is 5.91 Å². The summed E-state index contributed by atoms with van der Waals surface area (Å²) in [5.41, 5.74) is 1.29. The van der Waals surface area contributed by atoms with Crippen LogP contribution < -0.4 is 5.32 Å². The molecule has 1 atom stereocenters. The molecule has 1 aromatic rings. The van der Waals surface area contributed by atoms with Gasteiger partial charge in [0.25, 0.3) is 0 Å². The second kappa shape index (κ2) is 7.29. The summed E-state index contributed by atoms with van der Waals surface area (Å²) in [6.45, 7) is 1.86. The van der Waals surface area contributed by atoms with Gasteiger partial charge in [-0.05, 0) is 31.4 Å². The van der Waals surface area contributed by atoms with Crippen LogP contribution in [-0.4, -0.2) is 37.0 Å². The molecule has 0 radical (unpaired) electrons. The summed E-state index contributed by atoms with van der Waals surface area (Å²) in [5, 5.41) is 3.43. The average molecular weight is 260 g/mol. The number of amides is 1. The van der Waals surface area contributed by atoms with Gasteiger partial charge in [-0.25, -0.2) is 0 Å². The molecule has 3 heteroatoms. The number of benzene rings is 1. The van der Waals surface area contributed by atoms with Crippen LogP contribution in [0.15, 0.2) is 30.3 Å². The molecule has 1 saturated heterocycles. The first kappa shape index (κ1) is 14.1. The van der Waals surface area contributed by atoms with Gasteiger partial charge in [0, 0.05) is 26.1 Å². The lowest BCUT2D eigenvalue weighted by atomic mass is 10.0. The standard InChI is InChI=1S/C16H24N2O/c1-18(12-10-14-7-3-2-4-8-14)16(19)13-15-9-5-6-11-17-15/h2-4,7-8,15,17H,5-6,9-13H2,1H3. The van der Waals surface area contributed by atoms with Crippen molar-refractivity contribution in [1.29, 1.82) is 0 Å². The van der Waals surface area contributed by atoms with Crippen LogP contribution in [0.25, 0.3) is 0 Å². The number of hydrogen-bond donors (Lipinski definition) is 1. The summed E-state index contributed by atoms with van der Waals surface area (Å²) in [4.78, 5) is 14.0. The fraction of sp³-hybridized carbons (Fsp3) is 0.562.